The molecule has 0 saturated heterocycles. The molecule has 1 aromatic heterocycles. The number of hydrogen-bond donors (Lipinski definition) is 1. The molecule has 1 heterocycles. The van der Waals surface area contributed by atoms with E-state index < -0.39 is 11.6 Å². The molecule has 0 fully saturated rings. The lowest BCUT2D eigenvalue weighted by molar-refractivity contribution is 0.584. The highest BCUT2D eigenvalue weighted by molar-refractivity contribution is 7.71. The van der Waals surface area contributed by atoms with Crippen LogP contribution in [-0.4, -0.2) is 9.97 Å². The second-order valence-corrected chi connectivity index (χ2v) is 3.96. The summed E-state index contributed by atoms with van der Waals surface area (Å²) in [5, 5.41) is 0. The van der Waals surface area contributed by atoms with Gasteiger partial charge in [0.1, 0.15) is 16.3 Å². The Kier molecular flexibility index (Phi) is 3.28. The molecule has 0 aliphatic heterocycles. The first kappa shape index (κ1) is 11.9. The van der Waals surface area contributed by atoms with Crippen LogP contribution in [0.2, 0.25) is 0 Å². The zero-order chi connectivity index (χ0) is 12.4. The first-order valence-electron chi connectivity index (χ1n) is 5.15. The van der Waals surface area contributed by atoms with Gasteiger partial charge in [0, 0.05) is 17.2 Å². The molecule has 2 rings (SSSR count). The molecule has 2 aromatic rings. The van der Waals surface area contributed by atoms with Crippen LogP contribution in [0, 0.1) is 16.3 Å². The SMILES string of the molecule is CCc1c(-c2cc(F)cc(F)c2)[nH]cnc1=S. The molecule has 0 aliphatic carbocycles. The zero-order valence-corrected chi connectivity index (χ0v) is 9.94. The number of aromatic nitrogens is 2. The van der Waals surface area contributed by atoms with Gasteiger partial charge in [0.25, 0.3) is 0 Å². The fraction of sp³-hybridized carbons (Fsp3) is 0.167. The third-order valence-corrected chi connectivity index (χ3v) is 2.81. The maximum atomic E-state index is 13.2. The van der Waals surface area contributed by atoms with Gasteiger partial charge in [-0.05, 0) is 18.6 Å². The van der Waals surface area contributed by atoms with Crippen LogP contribution in [0.4, 0.5) is 8.78 Å². The molecule has 0 amide bonds. The molecule has 88 valence electrons. The summed E-state index contributed by atoms with van der Waals surface area (Å²) >= 11 is 5.09. The number of benzene rings is 1. The number of aromatic amines is 1. The normalized spacial score (nSPS) is 10.5. The highest BCUT2D eigenvalue weighted by atomic mass is 32.1. The van der Waals surface area contributed by atoms with Crippen molar-refractivity contribution in [3.8, 4) is 11.3 Å². The summed E-state index contributed by atoms with van der Waals surface area (Å²) in [4.78, 5) is 6.84. The van der Waals surface area contributed by atoms with E-state index in [0.717, 1.165) is 11.6 Å². The van der Waals surface area contributed by atoms with Crippen LogP contribution >= 0.6 is 12.2 Å². The van der Waals surface area contributed by atoms with Gasteiger partial charge in [-0.2, -0.15) is 0 Å². The van der Waals surface area contributed by atoms with E-state index in [2.05, 4.69) is 9.97 Å². The van der Waals surface area contributed by atoms with E-state index >= 15 is 0 Å². The monoisotopic (exact) mass is 252 g/mol. The lowest BCUT2D eigenvalue weighted by Gasteiger charge is -2.07. The van der Waals surface area contributed by atoms with Gasteiger partial charge in [-0.3, -0.25) is 0 Å². The Morgan fingerprint density at radius 3 is 2.47 bits per heavy atom. The number of nitrogens with zero attached hydrogens (tertiary/aromatic N) is 1. The molecule has 0 aliphatic rings. The van der Waals surface area contributed by atoms with Gasteiger partial charge in [-0.1, -0.05) is 19.1 Å². The van der Waals surface area contributed by atoms with Crippen LogP contribution in [0.25, 0.3) is 11.3 Å². The Morgan fingerprint density at radius 2 is 1.88 bits per heavy atom. The van der Waals surface area contributed by atoms with Crippen molar-refractivity contribution in [2.45, 2.75) is 13.3 Å². The van der Waals surface area contributed by atoms with E-state index in [1.165, 1.54) is 18.5 Å². The van der Waals surface area contributed by atoms with Gasteiger partial charge < -0.3 is 4.98 Å². The Bertz CT molecular complexity index is 587. The van der Waals surface area contributed by atoms with E-state index in [0.29, 0.717) is 22.3 Å². The van der Waals surface area contributed by atoms with Crippen LogP contribution in [-0.2, 0) is 6.42 Å². The molecule has 1 aromatic carbocycles. The largest absolute Gasteiger partial charge is 0.346 e. The van der Waals surface area contributed by atoms with Crippen molar-refractivity contribution in [1.29, 1.82) is 0 Å². The summed E-state index contributed by atoms with van der Waals surface area (Å²) in [7, 11) is 0. The smallest absolute Gasteiger partial charge is 0.133 e. The molecular weight excluding hydrogens is 242 g/mol. The van der Waals surface area contributed by atoms with Crippen molar-refractivity contribution in [3.63, 3.8) is 0 Å². The van der Waals surface area contributed by atoms with Gasteiger partial charge in [0.15, 0.2) is 0 Å². The zero-order valence-electron chi connectivity index (χ0n) is 9.13. The van der Waals surface area contributed by atoms with Crippen LogP contribution < -0.4 is 0 Å². The van der Waals surface area contributed by atoms with E-state index in [1.807, 2.05) is 6.92 Å². The van der Waals surface area contributed by atoms with Crippen molar-refractivity contribution < 1.29 is 8.78 Å². The molecule has 0 saturated carbocycles. The summed E-state index contributed by atoms with van der Waals surface area (Å²) in [6, 6.07) is 3.37. The fourth-order valence-electron chi connectivity index (χ4n) is 1.71. The van der Waals surface area contributed by atoms with Crippen molar-refractivity contribution in [2.75, 3.05) is 0 Å². The summed E-state index contributed by atoms with van der Waals surface area (Å²) in [5.74, 6) is -1.23. The Hall–Kier alpha value is -1.62. The first-order chi connectivity index (χ1) is 8.11. The minimum atomic E-state index is -0.613. The van der Waals surface area contributed by atoms with Gasteiger partial charge in [-0.25, -0.2) is 13.8 Å². The number of H-pyrrole nitrogens is 1. The van der Waals surface area contributed by atoms with Crippen molar-refractivity contribution in [3.05, 3.63) is 46.4 Å². The quantitative estimate of drug-likeness (QED) is 0.826. The van der Waals surface area contributed by atoms with Crippen LogP contribution in [0.15, 0.2) is 24.5 Å². The molecule has 0 atom stereocenters. The van der Waals surface area contributed by atoms with Crippen LogP contribution in [0.1, 0.15) is 12.5 Å². The fourth-order valence-corrected chi connectivity index (χ4v) is 2.01. The minimum Gasteiger partial charge on any atom is -0.346 e. The van der Waals surface area contributed by atoms with E-state index in [-0.39, 0.29) is 0 Å². The maximum absolute atomic E-state index is 13.2. The Labute approximate surface area is 102 Å². The third kappa shape index (κ3) is 2.39. The molecule has 5 heteroatoms. The third-order valence-electron chi connectivity index (χ3n) is 2.46. The lowest BCUT2D eigenvalue weighted by atomic mass is 10.1. The summed E-state index contributed by atoms with van der Waals surface area (Å²) in [5.41, 5.74) is 1.84. The van der Waals surface area contributed by atoms with Gasteiger partial charge in [0.2, 0.25) is 0 Å². The highest BCUT2D eigenvalue weighted by Gasteiger charge is 2.09. The second-order valence-electron chi connectivity index (χ2n) is 3.57. The molecule has 1 N–H and O–H groups in total. The van der Waals surface area contributed by atoms with Crippen molar-refractivity contribution in [2.24, 2.45) is 0 Å². The summed E-state index contributed by atoms with van der Waals surface area (Å²) in [6.45, 7) is 1.92. The standard InChI is InChI=1S/C12H10F2N2S/c1-2-10-11(15-6-16-12(10)17)7-3-8(13)5-9(14)4-7/h3-6H,2H2,1H3,(H,15,16,17). The van der Waals surface area contributed by atoms with Gasteiger partial charge in [-0.15, -0.1) is 0 Å². The molecule has 2 nitrogen and oxygen atoms in total. The number of rotatable bonds is 2. The molecular formula is C12H10F2N2S. The second kappa shape index (κ2) is 4.71. The number of nitrogens with one attached hydrogen (secondary N) is 1. The van der Waals surface area contributed by atoms with Gasteiger partial charge in [0.05, 0.1) is 12.0 Å². The maximum Gasteiger partial charge on any atom is 0.133 e. The number of hydrogen-bond acceptors (Lipinski definition) is 2. The lowest BCUT2D eigenvalue weighted by Crippen LogP contribution is -1.96. The highest BCUT2D eigenvalue weighted by Crippen LogP contribution is 2.23. The van der Waals surface area contributed by atoms with Crippen LogP contribution in [0.3, 0.4) is 0 Å². The van der Waals surface area contributed by atoms with Crippen molar-refractivity contribution in [1.82, 2.24) is 9.97 Å². The minimum absolute atomic E-state index is 0.438. The summed E-state index contributed by atoms with van der Waals surface area (Å²) in [6.07, 6.45) is 2.08. The number of halogens is 2. The average molecular weight is 252 g/mol. The molecule has 0 bridgehead atoms. The first-order valence-corrected chi connectivity index (χ1v) is 5.55. The average Bonchev–Trinajstić information content (AvgIpc) is 2.27. The van der Waals surface area contributed by atoms with E-state index in [1.54, 1.807) is 0 Å². The predicted octanol–water partition coefficient (Wildman–Crippen LogP) is 3.65. The summed E-state index contributed by atoms with van der Waals surface area (Å²) < 4.78 is 26.8. The van der Waals surface area contributed by atoms with E-state index in [4.69, 9.17) is 12.2 Å². The molecule has 0 radical (unpaired) electrons. The topological polar surface area (TPSA) is 28.7 Å². The predicted molar refractivity (Wildman–Crippen MR) is 64.2 cm³/mol. The molecule has 0 unspecified atom stereocenters. The molecule has 17 heavy (non-hydrogen) atoms. The Balaban J connectivity index is 2.68. The van der Waals surface area contributed by atoms with Crippen LogP contribution in [0.5, 0.6) is 0 Å². The van der Waals surface area contributed by atoms with E-state index in [9.17, 15) is 8.78 Å². The Morgan fingerprint density at radius 1 is 1.24 bits per heavy atom. The van der Waals surface area contributed by atoms with Gasteiger partial charge >= 0.3 is 0 Å². The van der Waals surface area contributed by atoms with Crippen molar-refractivity contribution >= 4 is 12.2 Å². The molecule has 0 spiro atoms.